The molecule has 1 heterocycles. The average molecular weight is 208 g/mol. The molecule has 3 heteroatoms. The van der Waals surface area contributed by atoms with Crippen molar-refractivity contribution in [3.63, 3.8) is 0 Å². The van der Waals surface area contributed by atoms with Crippen molar-refractivity contribution in [3.05, 3.63) is 29.3 Å². The first-order valence-corrected chi connectivity index (χ1v) is 5.24. The van der Waals surface area contributed by atoms with Gasteiger partial charge in [0.25, 0.3) is 0 Å². The van der Waals surface area contributed by atoms with Gasteiger partial charge in [-0.1, -0.05) is 12.1 Å². The topological polar surface area (TPSA) is 42.0 Å². The summed E-state index contributed by atoms with van der Waals surface area (Å²) >= 11 is 0. The van der Waals surface area contributed by atoms with E-state index in [2.05, 4.69) is 0 Å². The summed E-state index contributed by atoms with van der Waals surface area (Å²) in [6, 6.07) is 6.05. The minimum Gasteiger partial charge on any atom is -0.490 e. The Labute approximate surface area is 89.6 Å². The van der Waals surface area contributed by atoms with Gasteiger partial charge in [0, 0.05) is 6.61 Å². The van der Waals surface area contributed by atoms with Gasteiger partial charge in [-0.3, -0.25) is 0 Å². The van der Waals surface area contributed by atoms with Crippen molar-refractivity contribution in [3.8, 4) is 5.75 Å². The van der Waals surface area contributed by atoms with E-state index in [1.807, 2.05) is 25.1 Å². The third-order valence-corrected chi connectivity index (χ3v) is 2.43. The molecule has 0 bridgehead atoms. The molecular weight excluding hydrogens is 192 g/mol. The quantitative estimate of drug-likeness (QED) is 0.742. The molecule has 1 fully saturated rings. The van der Waals surface area contributed by atoms with Crippen molar-refractivity contribution in [2.45, 2.75) is 19.4 Å². The number of ether oxygens (including phenoxy) is 2. The molecule has 1 aliphatic heterocycles. The third kappa shape index (κ3) is 2.94. The molecule has 0 amide bonds. The Morgan fingerprint density at radius 3 is 3.00 bits per heavy atom. The van der Waals surface area contributed by atoms with Gasteiger partial charge in [-0.15, -0.1) is 0 Å². The van der Waals surface area contributed by atoms with Crippen LogP contribution < -0.4 is 4.74 Å². The molecule has 1 saturated heterocycles. The Morgan fingerprint density at radius 2 is 2.33 bits per heavy atom. The van der Waals surface area contributed by atoms with Crippen LogP contribution in [-0.2, 0) is 11.2 Å². The van der Waals surface area contributed by atoms with E-state index in [0.29, 0.717) is 13.0 Å². The van der Waals surface area contributed by atoms with Gasteiger partial charge < -0.3 is 14.6 Å². The van der Waals surface area contributed by atoms with Crippen molar-refractivity contribution in [1.82, 2.24) is 0 Å². The number of aliphatic hydroxyl groups excluding tert-OH is 1. The second-order valence-electron chi connectivity index (χ2n) is 3.85. The molecule has 2 rings (SSSR count). The van der Waals surface area contributed by atoms with Gasteiger partial charge in [-0.2, -0.15) is 0 Å². The van der Waals surface area contributed by atoms with Gasteiger partial charge in [-0.25, -0.2) is 0 Å². The molecule has 1 atom stereocenters. The number of benzene rings is 1. The van der Waals surface area contributed by atoms with Gasteiger partial charge >= 0.3 is 0 Å². The van der Waals surface area contributed by atoms with E-state index < -0.39 is 0 Å². The number of rotatable bonds is 5. The van der Waals surface area contributed by atoms with Crippen LogP contribution in [0.15, 0.2) is 18.2 Å². The Kier molecular flexibility index (Phi) is 3.23. The first kappa shape index (κ1) is 10.5. The van der Waals surface area contributed by atoms with E-state index in [-0.39, 0.29) is 12.7 Å². The molecule has 1 aliphatic rings. The van der Waals surface area contributed by atoms with Crippen molar-refractivity contribution in [2.24, 2.45) is 0 Å². The van der Waals surface area contributed by atoms with Crippen LogP contribution in [0.5, 0.6) is 5.75 Å². The lowest BCUT2D eigenvalue weighted by atomic mass is 10.1. The molecule has 82 valence electrons. The fourth-order valence-corrected chi connectivity index (χ4v) is 1.47. The van der Waals surface area contributed by atoms with Crippen LogP contribution in [0.3, 0.4) is 0 Å². The van der Waals surface area contributed by atoms with E-state index >= 15 is 0 Å². The molecule has 0 radical (unpaired) electrons. The van der Waals surface area contributed by atoms with Gasteiger partial charge in [0.1, 0.15) is 18.5 Å². The van der Waals surface area contributed by atoms with Gasteiger partial charge in [0.15, 0.2) is 0 Å². The molecule has 1 aromatic carbocycles. The second-order valence-corrected chi connectivity index (χ2v) is 3.85. The van der Waals surface area contributed by atoms with Gasteiger partial charge in [-0.05, 0) is 30.5 Å². The second kappa shape index (κ2) is 4.64. The third-order valence-electron chi connectivity index (χ3n) is 2.43. The summed E-state index contributed by atoms with van der Waals surface area (Å²) in [5.41, 5.74) is 2.23. The lowest BCUT2D eigenvalue weighted by molar-refractivity contribution is 0.257. The summed E-state index contributed by atoms with van der Waals surface area (Å²) in [4.78, 5) is 0. The standard InChI is InChI=1S/C12H16O3/c1-9-2-3-10(4-5-13)12(6-9)15-8-11-7-14-11/h2-3,6,11,13H,4-5,7-8H2,1H3/t11-/m0/s1. The SMILES string of the molecule is Cc1ccc(CCO)c(OC[C@@H]2CO2)c1. The zero-order chi connectivity index (χ0) is 10.7. The van der Waals surface area contributed by atoms with Crippen LogP contribution in [0.25, 0.3) is 0 Å². The maximum Gasteiger partial charge on any atom is 0.122 e. The fraction of sp³-hybridized carbons (Fsp3) is 0.500. The highest BCUT2D eigenvalue weighted by Crippen LogP contribution is 2.22. The van der Waals surface area contributed by atoms with Crippen molar-refractivity contribution >= 4 is 0 Å². The molecule has 1 N–H and O–H groups in total. The molecule has 0 saturated carbocycles. The van der Waals surface area contributed by atoms with E-state index in [4.69, 9.17) is 14.6 Å². The summed E-state index contributed by atoms with van der Waals surface area (Å²) in [7, 11) is 0. The number of epoxide rings is 1. The molecule has 0 spiro atoms. The van der Waals surface area contributed by atoms with Crippen molar-refractivity contribution < 1.29 is 14.6 Å². The summed E-state index contributed by atoms with van der Waals surface area (Å²) < 4.78 is 10.7. The summed E-state index contributed by atoms with van der Waals surface area (Å²) in [6.45, 7) is 3.60. The first-order chi connectivity index (χ1) is 7.29. The molecule has 1 aromatic rings. The van der Waals surface area contributed by atoms with Crippen LogP contribution in [0.2, 0.25) is 0 Å². The van der Waals surface area contributed by atoms with Crippen LogP contribution >= 0.6 is 0 Å². The Morgan fingerprint density at radius 1 is 1.53 bits per heavy atom. The lowest BCUT2D eigenvalue weighted by Crippen LogP contribution is -2.06. The summed E-state index contributed by atoms with van der Waals surface area (Å²) in [5.74, 6) is 0.875. The van der Waals surface area contributed by atoms with Crippen molar-refractivity contribution in [2.75, 3.05) is 19.8 Å². The van der Waals surface area contributed by atoms with E-state index in [9.17, 15) is 0 Å². The zero-order valence-electron chi connectivity index (χ0n) is 8.90. The predicted molar refractivity (Wildman–Crippen MR) is 57.2 cm³/mol. The van der Waals surface area contributed by atoms with E-state index in [1.54, 1.807) is 0 Å². The monoisotopic (exact) mass is 208 g/mol. The minimum atomic E-state index is 0.152. The van der Waals surface area contributed by atoms with Crippen LogP contribution in [0.4, 0.5) is 0 Å². The van der Waals surface area contributed by atoms with Crippen LogP contribution in [0, 0.1) is 6.92 Å². The number of aryl methyl sites for hydroxylation is 1. The van der Waals surface area contributed by atoms with Gasteiger partial charge in [0.05, 0.1) is 6.61 Å². The largest absolute Gasteiger partial charge is 0.490 e. The molecule has 3 nitrogen and oxygen atoms in total. The highest BCUT2D eigenvalue weighted by atomic mass is 16.6. The molecule has 15 heavy (non-hydrogen) atoms. The smallest absolute Gasteiger partial charge is 0.122 e. The van der Waals surface area contributed by atoms with E-state index in [0.717, 1.165) is 17.9 Å². The first-order valence-electron chi connectivity index (χ1n) is 5.24. The molecule has 0 unspecified atom stereocenters. The maximum atomic E-state index is 8.92. The number of hydrogen-bond acceptors (Lipinski definition) is 3. The van der Waals surface area contributed by atoms with E-state index in [1.165, 1.54) is 5.56 Å². The Balaban J connectivity index is 2.05. The Hall–Kier alpha value is -1.06. The number of aliphatic hydroxyl groups is 1. The molecular formula is C12H16O3. The highest BCUT2D eigenvalue weighted by molar-refractivity contribution is 5.37. The van der Waals surface area contributed by atoms with Gasteiger partial charge in [0.2, 0.25) is 0 Å². The normalized spacial score (nSPS) is 18.9. The minimum absolute atomic E-state index is 0.152. The summed E-state index contributed by atoms with van der Waals surface area (Å²) in [5, 5.41) is 8.92. The number of hydrogen-bond donors (Lipinski definition) is 1. The zero-order valence-corrected chi connectivity index (χ0v) is 8.90. The molecule has 0 aliphatic carbocycles. The van der Waals surface area contributed by atoms with Crippen molar-refractivity contribution in [1.29, 1.82) is 0 Å². The predicted octanol–water partition coefficient (Wildman–Crippen LogP) is 1.31. The summed E-state index contributed by atoms with van der Waals surface area (Å²) in [6.07, 6.45) is 0.911. The fourth-order valence-electron chi connectivity index (χ4n) is 1.47. The highest BCUT2D eigenvalue weighted by Gasteiger charge is 2.23. The Bertz CT molecular complexity index is 332. The van der Waals surface area contributed by atoms with Crippen LogP contribution in [0.1, 0.15) is 11.1 Å². The average Bonchev–Trinajstić information content (AvgIpc) is 3.02. The van der Waals surface area contributed by atoms with Crippen LogP contribution in [-0.4, -0.2) is 31.0 Å². The maximum absolute atomic E-state index is 8.92. The lowest BCUT2D eigenvalue weighted by Gasteiger charge is -2.10. The molecule has 0 aromatic heterocycles.